The van der Waals surface area contributed by atoms with Gasteiger partial charge in [0.05, 0.1) is 47.8 Å². The highest BCUT2D eigenvalue weighted by Gasteiger charge is 2.34. The van der Waals surface area contributed by atoms with Gasteiger partial charge in [-0.3, -0.25) is 9.78 Å². The zero-order chi connectivity index (χ0) is 30.4. The molecule has 0 bridgehead atoms. The number of nitrogens with zero attached hydrogens (tertiary/aromatic N) is 5. The number of pyridine rings is 1. The Kier molecular flexibility index (Phi) is 9.29. The highest BCUT2D eigenvalue weighted by Crippen LogP contribution is 2.36. The number of fused-ring (bicyclic) bond motifs is 1. The van der Waals surface area contributed by atoms with Crippen molar-refractivity contribution in [1.29, 1.82) is 5.41 Å². The summed E-state index contributed by atoms with van der Waals surface area (Å²) in [4.78, 5) is 21.6. The van der Waals surface area contributed by atoms with E-state index in [-0.39, 0.29) is 11.8 Å². The van der Waals surface area contributed by atoms with Crippen LogP contribution in [-0.4, -0.2) is 56.0 Å². The van der Waals surface area contributed by atoms with Crippen LogP contribution in [0.1, 0.15) is 39.3 Å². The summed E-state index contributed by atoms with van der Waals surface area (Å²) in [5.41, 5.74) is 1.32. The summed E-state index contributed by atoms with van der Waals surface area (Å²) in [6.45, 7) is 12.2. The molecule has 9 nitrogen and oxygen atoms in total. The molecule has 3 aromatic rings. The molecular weight excluding hydrogens is 538 g/mol. The lowest BCUT2D eigenvalue weighted by Gasteiger charge is -2.38. The van der Waals surface area contributed by atoms with Crippen LogP contribution in [0.4, 0.5) is 14.5 Å². The molecule has 0 saturated carbocycles. The molecule has 1 aromatic carbocycles. The van der Waals surface area contributed by atoms with Crippen molar-refractivity contribution >= 4 is 28.6 Å². The van der Waals surface area contributed by atoms with Gasteiger partial charge < -0.3 is 20.9 Å². The molecule has 1 aliphatic rings. The van der Waals surface area contributed by atoms with Gasteiger partial charge in [-0.1, -0.05) is 50.8 Å². The number of nitrogens with one attached hydrogen (secondary N) is 3. The number of alkyl halides is 2. The number of halogens is 2. The number of benzene rings is 1. The lowest BCUT2D eigenvalue weighted by molar-refractivity contribution is -0.116. The first-order chi connectivity index (χ1) is 20.0. The molecule has 2 aromatic heterocycles. The molecule has 4 rings (SSSR count). The van der Waals surface area contributed by atoms with Crippen molar-refractivity contribution in [2.75, 3.05) is 18.4 Å². The van der Waals surface area contributed by atoms with E-state index in [1.807, 2.05) is 38.1 Å². The molecule has 220 valence electrons. The highest BCUT2D eigenvalue weighted by atomic mass is 19.3. The third-order valence-electron chi connectivity index (χ3n) is 7.18. The first-order valence-corrected chi connectivity index (χ1v) is 13.7. The summed E-state index contributed by atoms with van der Waals surface area (Å²) >= 11 is 0. The zero-order valence-corrected chi connectivity index (χ0v) is 24.2. The molecular formula is C31H36F2N8O. The van der Waals surface area contributed by atoms with Gasteiger partial charge in [-0.05, 0) is 30.7 Å². The van der Waals surface area contributed by atoms with Crippen molar-refractivity contribution < 1.29 is 13.6 Å². The third kappa shape index (κ3) is 6.79. The highest BCUT2D eigenvalue weighted by molar-refractivity contribution is 6.13. The van der Waals surface area contributed by atoms with Crippen molar-refractivity contribution in [3.8, 4) is 0 Å². The van der Waals surface area contributed by atoms with E-state index >= 15 is 8.78 Å². The van der Waals surface area contributed by atoms with Crippen LogP contribution in [0.3, 0.4) is 0 Å². The van der Waals surface area contributed by atoms with Crippen molar-refractivity contribution in [2.24, 2.45) is 5.92 Å². The standard InChI is InChI=1S/C31H36F2N8O/c1-6-23(14-21(20(3)4)19-41-36-12-13-37-41)38-30(42)26(15-34)29(31(5,32)33)39-27-16-35-28(22-17-40(7-2)18-22)25-11-9-8-10-24(25)27/h6-16,20,22,34,39H,2,17-19H2,1,3-5H3,(H,38,42)/b21-14+,23-6+,29-26+,34-15?. The number of allylic oxidation sites excluding steroid dienone is 4. The number of hydrogen-bond acceptors (Lipinski definition) is 7. The van der Waals surface area contributed by atoms with Crippen molar-refractivity contribution in [1.82, 2.24) is 30.2 Å². The molecule has 0 spiro atoms. The molecule has 1 aliphatic heterocycles. The van der Waals surface area contributed by atoms with Crippen LogP contribution < -0.4 is 10.6 Å². The van der Waals surface area contributed by atoms with Crippen molar-refractivity contribution in [3.05, 3.63) is 96.0 Å². The maximum Gasteiger partial charge on any atom is 0.285 e. The molecule has 3 heterocycles. The zero-order valence-electron chi connectivity index (χ0n) is 24.2. The van der Waals surface area contributed by atoms with E-state index in [1.54, 1.807) is 37.7 Å². The lowest BCUT2D eigenvalue weighted by Crippen LogP contribution is -2.41. The van der Waals surface area contributed by atoms with E-state index in [9.17, 15) is 4.79 Å². The van der Waals surface area contributed by atoms with E-state index < -0.39 is 23.1 Å². The van der Waals surface area contributed by atoms with Gasteiger partial charge in [-0.25, -0.2) is 0 Å². The van der Waals surface area contributed by atoms with Gasteiger partial charge in [0.1, 0.15) is 0 Å². The Morgan fingerprint density at radius 1 is 1.21 bits per heavy atom. The third-order valence-corrected chi connectivity index (χ3v) is 7.18. The number of likely N-dealkylation sites (tertiary alicyclic amines) is 1. The number of carbonyl (C=O) groups is 1. The Balaban J connectivity index is 1.66. The Morgan fingerprint density at radius 3 is 2.45 bits per heavy atom. The first-order valence-electron chi connectivity index (χ1n) is 13.7. The van der Waals surface area contributed by atoms with Gasteiger partial charge in [0.15, 0.2) is 0 Å². The average molecular weight is 575 g/mol. The predicted octanol–water partition coefficient (Wildman–Crippen LogP) is 5.64. The number of aromatic nitrogens is 4. The SMILES string of the molecule is C=CN1CC(c2ncc(N/C(=C(\C=N)C(=O)NC(/C=C(\Cn3nccn3)C(C)C)=C/C)C(C)(F)F)c3ccccc23)C1. The summed E-state index contributed by atoms with van der Waals surface area (Å²) in [5.74, 6) is -4.02. The molecule has 0 aliphatic carbocycles. The smallest absolute Gasteiger partial charge is 0.285 e. The summed E-state index contributed by atoms with van der Waals surface area (Å²) in [6.07, 6.45) is 10.5. The molecule has 42 heavy (non-hydrogen) atoms. The van der Waals surface area contributed by atoms with E-state index in [4.69, 9.17) is 5.41 Å². The molecule has 1 fully saturated rings. The molecule has 3 N–H and O–H groups in total. The van der Waals surface area contributed by atoms with E-state index in [0.29, 0.717) is 36.5 Å². The minimum Gasteiger partial charge on any atom is -0.376 e. The van der Waals surface area contributed by atoms with Crippen LogP contribution >= 0.6 is 0 Å². The number of hydrogen-bond donors (Lipinski definition) is 3. The topological polar surface area (TPSA) is 112 Å². The van der Waals surface area contributed by atoms with Gasteiger partial charge in [-0.15, -0.1) is 0 Å². The van der Waals surface area contributed by atoms with Gasteiger partial charge in [-0.2, -0.15) is 23.8 Å². The quantitative estimate of drug-likeness (QED) is 0.147. The first kappa shape index (κ1) is 30.3. The van der Waals surface area contributed by atoms with Gasteiger partial charge in [0.25, 0.3) is 11.8 Å². The minimum atomic E-state index is -3.47. The Hall–Kier alpha value is -4.67. The fourth-order valence-corrected chi connectivity index (χ4v) is 4.75. The largest absolute Gasteiger partial charge is 0.376 e. The molecule has 1 saturated heterocycles. The normalized spacial score (nSPS) is 15.4. The number of anilines is 1. The van der Waals surface area contributed by atoms with Crippen molar-refractivity contribution in [2.45, 2.75) is 46.1 Å². The minimum absolute atomic E-state index is 0.0985. The fraction of sp³-hybridized carbons (Fsp3) is 0.323. The second kappa shape index (κ2) is 12.9. The monoisotopic (exact) mass is 574 g/mol. The van der Waals surface area contributed by atoms with Crippen LogP contribution in [0.25, 0.3) is 10.8 Å². The molecule has 0 radical (unpaired) electrons. The molecule has 0 unspecified atom stereocenters. The maximum atomic E-state index is 15.1. The van der Waals surface area contributed by atoms with Gasteiger partial charge in [0.2, 0.25) is 0 Å². The van der Waals surface area contributed by atoms with Gasteiger partial charge >= 0.3 is 0 Å². The Morgan fingerprint density at radius 2 is 1.88 bits per heavy atom. The Labute approximate surface area is 244 Å². The van der Waals surface area contributed by atoms with Crippen LogP contribution in [0.2, 0.25) is 0 Å². The molecule has 0 atom stereocenters. The van der Waals surface area contributed by atoms with Crippen LogP contribution in [-0.2, 0) is 11.3 Å². The van der Waals surface area contributed by atoms with E-state index in [1.165, 1.54) is 11.0 Å². The van der Waals surface area contributed by atoms with Crippen LogP contribution in [0.15, 0.2) is 90.3 Å². The van der Waals surface area contributed by atoms with Crippen LogP contribution in [0, 0.1) is 11.3 Å². The maximum absolute atomic E-state index is 15.1. The van der Waals surface area contributed by atoms with Crippen molar-refractivity contribution in [3.63, 3.8) is 0 Å². The van der Waals surface area contributed by atoms with E-state index in [0.717, 1.165) is 29.7 Å². The Bertz CT molecular complexity index is 1540. The molecule has 1 amide bonds. The van der Waals surface area contributed by atoms with Crippen LogP contribution in [0.5, 0.6) is 0 Å². The van der Waals surface area contributed by atoms with E-state index in [2.05, 4.69) is 37.3 Å². The fourth-order valence-electron chi connectivity index (χ4n) is 4.75. The number of amides is 1. The number of carbonyl (C=O) groups excluding carboxylic acids is 1. The lowest BCUT2D eigenvalue weighted by atomic mass is 9.92. The second-order valence-corrected chi connectivity index (χ2v) is 10.5. The predicted molar refractivity (Wildman–Crippen MR) is 161 cm³/mol. The molecule has 11 heteroatoms. The number of rotatable bonds is 12. The summed E-state index contributed by atoms with van der Waals surface area (Å²) in [5, 5.41) is 23.2. The second-order valence-electron chi connectivity index (χ2n) is 10.5. The summed E-state index contributed by atoms with van der Waals surface area (Å²) in [7, 11) is 0. The summed E-state index contributed by atoms with van der Waals surface area (Å²) in [6, 6.07) is 7.43. The van der Waals surface area contributed by atoms with Gasteiger partial charge in [0, 0.05) is 48.6 Å². The average Bonchev–Trinajstić information content (AvgIpc) is 3.45. The summed E-state index contributed by atoms with van der Waals surface area (Å²) < 4.78 is 30.2.